The molecule has 6 nitrogen and oxygen atoms in total. The summed E-state index contributed by atoms with van der Waals surface area (Å²) >= 11 is 5.99. The van der Waals surface area contributed by atoms with E-state index in [0.29, 0.717) is 24.5 Å². The molecule has 1 aliphatic rings. The highest BCUT2D eigenvalue weighted by Gasteiger charge is 2.31. The van der Waals surface area contributed by atoms with E-state index in [9.17, 15) is 27.2 Å². The van der Waals surface area contributed by atoms with Crippen LogP contribution < -0.4 is 15.5 Å². The molecule has 0 saturated carbocycles. The number of carbonyl (C=O) groups excluding carboxylic acids is 2. The van der Waals surface area contributed by atoms with E-state index in [4.69, 9.17) is 16.0 Å². The van der Waals surface area contributed by atoms with Crippen LogP contribution in [0.3, 0.4) is 0 Å². The Labute approximate surface area is 244 Å². The smallest absolute Gasteiger partial charge is 0.416 e. The number of fused-ring (bicyclic) bond motifs is 1. The average molecular weight is 600 g/mol. The van der Waals surface area contributed by atoms with E-state index in [1.807, 2.05) is 0 Å². The third-order valence-electron chi connectivity index (χ3n) is 6.99. The molecule has 5 rings (SSSR count). The number of furan rings is 1. The number of anilines is 1. The molecule has 4 aromatic rings. The van der Waals surface area contributed by atoms with Gasteiger partial charge in [0, 0.05) is 42.3 Å². The summed E-state index contributed by atoms with van der Waals surface area (Å²) in [6.07, 6.45) is -3.66. The molecule has 3 aromatic carbocycles. The molecule has 0 bridgehead atoms. The van der Waals surface area contributed by atoms with Gasteiger partial charge in [0.05, 0.1) is 5.56 Å². The van der Waals surface area contributed by atoms with Crippen molar-refractivity contribution in [2.75, 3.05) is 24.5 Å². The molecule has 0 unspecified atom stereocenters. The molecule has 2 N–H and O–H groups in total. The number of carbonyl (C=O) groups is 2. The van der Waals surface area contributed by atoms with E-state index in [0.717, 1.165) is 28.9 Å². The van der Waals surface area contributed by atoms with Crippen molar-refractivity contribution >= 4 is 29.1 Å². The van der Waals surface area contributed by atoms with Gasteiger partial charge in [0.2, 0.25) is 5.91 Å². The maximum atomic E-state index is 13.5. The Kier molecular flexibility index (Phi) is 8.54. The van der Waals surface area contributed by atoms with E-state index < -0.39 is 29.6 Å². The van der Waals surface area contributed by atoms with Crippen molar-refractivity contribution in [3.05, 3.63) is 112 Å². The van der Waals surface area contributed by atoms with E-state index in [-0.39, 0.29) is 35.9 Å². The molecule has 2 amide bonds. The summed E-state index contributed by atoms with van der Waals surface area (Å²) in [5, 5.41) is 6.06. The van der Waals surface area contributed by atoms with Gasteiger partial charge in [0.1, 0.15) is 17.6 Å². The maximum Gasteiger partial charge on any atom is 0.416 e. The summed E-state index contributed by atoms with van der Waals surface area (Å²) in [5.41, 5.74) is 1.90. The van der Waals surface area contributed by atoms with Gasteiger partial charge in [0.15, 0.2) is 5.76 Å². The van der Waals surface area contributed by atoms with Crippen LogP contribution in [0.25, 0.3) is 11.3 Å². The fourth-order valence-electron chi connectivity index (χ4n) is 4.87. The molecule has 0 aliphatic carbocycles. The lowest BCUT2D eigenvalue weighted by molar-refractivity contribution is -0.137. The number of alkyl halides is 3. The van der Waals surface area contributed by atoms with E-state index in [1.54, 1.807) is 30.3 Å². The van der Waals surface area contributed by atoms with E-state index >= 15 is 0 Å². The fraction of sp³-hybridized carbons (Fsp3) is 0.226. The number of halogens is 5. The average Bonchev–Trinajstić information content (AvgIpc) is 3.61. The quantitative estimate of drug-likeness (QED) is 0.222. The molecule has 42 heavy (non-hydrogen) atoms. The Hall–Kier alpha value is -4.31. The minimum atomic E-state index is -4.53. The lowest BCUT2D eigenvalue weighted by atomic mass is 10.0. The van der Waals surface area contributed by atoms with Crippen LogP contribution in [0.5, 0.6) is 0 Å². The van der Waals surface area contributed by atoms with Gasteiger partial charge in [0.25, 0.3) is 5.91 Å². The van der Waals surface area contributed by atoms with Crippen molar-refractivity contribution < 1.29 is 31.6 Å². The first kappa shape index (κ1) is 29.2. The molecule has 11 heteroatoms. The summed E-state index contributed by atoms with van der Waals surface area (Å²) < 4.78 is 58.5. The Balaban J connectivity index is 1.26. The monoisotopic (exact) mass is 599 g/mol. The number of hydrogen-bond acceptors (Lipinski definition) is 4. The Morgan fingerprint density at radius 1 is 1.00 bits per heavy atom. The molecular formula is C31H26ClF4N3O3. The van der Waals surface area contributed by atoms with Crippen LogP contribution in [0.4, 0.5) is 23.2 Å². The summed E-state index contributed by atoms with van der Waals surface area (Å²) in [7, 11) is 0. The second kappa shape index (κ2) is 12.3. The van der Waals surface area contributed by atoms with Gasteiger partial charge < -0.3 is 20.0 Å². The van der Waals surface area contributed by atoms with Gasteiger partial charge in [-0.1, -0.05) is 35.9 Å². The summed E-state index contributed by atoms with van der Waals surface area (Å²) in [6, 6.07) is 17.8. The van der Waals surface area contributed by atoms with Gasteiger partial charge in [-0.25, -0.2) is 4.39 Å². The summed E-state index contributed by atoms with van der Waals surface area (Å²) in [5.74, 6) is -1.49. The number of benzene rings is 3. The van der Waals surface area contributed by atoms with Crippen LogP contribution in [-0.4, -0.2) is 37.5 Å². The zero-order valence-corrected chi connectivity index (χ0v) is 22.9. The maximum absolute atomic E-state index is 13.5. The normalized spacial score (nSPS) is 13.5. The van der Waals surface area contributed by atoms with Crippen molar-refractivity contribution in [3.63, 3.8) is 0 Å². The second-order valence-corrected chi connectivity index (χ2v) is 10.3. The largest absolute Gasteiger partial charge is 0.451 e. The van der Waals surface area contributed by atoms with Gasteiger partial charge >= 0.3 is 6.18 Å². The Bertz CT molecular complexity index is 1590. The van der Waals surface area contributed by atoms with Gasteiger partial charge in [-0.15, -0.1) is 0 Å². The van der Waals surface area contributed by atoms with Crippen LogP contribution in [0, 0.1) is 5.82 Å². The predicted octanol–water partition coefficient (Wildman–Crippen LogP) is 6.28. The lowest BCUT2D eigenvalue weighted by Gasteiger charge is -2.22. The zero-order valence-electron chi connectivity index (χ0n) is 22.2. The lowest BCUT2D eigenvalue weighted by Crippen LogP contribution is -2.49. The molecule has 0 spiro atoms. The highest BCUT2D eigenvalue weighted by molar-refractivity contribution is 6.30. The summed E-state index contributed by atoms with van der Waals surface area (Å²) in [6.45, 7) is 1.47. The molecule has 218 valence electrons. The van der Waals surface area contributed by atoms with Crippen molar-refractivity contribution in [1.82, 2.24) is 10.6 Å². The minimum absolute atomic E-state index is 0.0794. The van der Waals surface area contributed by atoms with E-state index in [2.05, 4.69) is 15.5 Å². The highest BCUT2D eigenvalue weighted by Crippen LogP contribution is 2.33. The number of amides is 2. The van der Waals surface area contributed by atoms with Crippen molar-refractivity contribution in [1.29, 1.82) is 0 Å². The molecule has 0 saturated heterocycles. The number of rotatable bonds is 9. The van der Waals surface area contributed by atoms with Crippen LogP contribution in [0.2, 0.25) is 5.02 Å². The molecule has 0 fully saturated rings. The second-order valence-electron chi connectivity index (χ2n) is 9.90. The van der Waals surface area contributed by atoms with E-state index in [1.165, 1.54) is 36.4 Å². The highest BCUT2D eigenvalue weighted by atomic mass is 35.5. The predicted molar refractivity (Wildman–Crippen MR) is 151 cm³/mol. The molecule has 1 aromatic heterocycles. The third kappa shape index (κ3) is 6.94. The number of hydrogen-bond donors (Lipinski definition) is 2. The standard InChI is InChI=1S/C31H26ClF4N3O3/c32-23-6-4-19(5-7-23)16-25(29(40)37-13-15-39-14-12-20-18-24(33)8-9-26(20)39)38-30(41)28-11-10-27(42-28)21-2-1-3-22(17-21)31(34,35)36/h1-11,17-18,25H,12-16H2,(H,37,40)(H,38,41)/t25-/m0/s1. The molecule has 1 aliphatic heterocycles. The summed E-state index contributed by atoms with van der Waals surface area (Å²) in [4.78, 5) is 28.4. The Morgan fingerprint density at radius 3 is 2.55 bits per heavy atom. The third-order valence-corrected chi connectivity index (χ3v) is 7.25. The molecule has 1 atom stereocenters. The zero-order chi connectivity index (χ0) is 29.9. The van der Waals surface area contributed by atoms with Crippen LogP contribution in [-0.2, 0) is 23.8 Å². The molecular weight excluding hydrogens is 574 g/mol. The molecule has 0 radical (unpaired) electrons. The molecule has 2 heterocycles. The van der Waals surface area contributed by atoms with Crippen molar-refractivity contribution in [3.8, 4) is 11.3 Å². The number of nitrogens with one attached hydrogen (secondary N) is 2. The topological polar surface area (TPSA) is 74.6 Å². The first-order chi connectivity index (χ1) is 20.1. The van der Waals surface area contributed by atoms with Crippen LogP contribution in [0.1, 0.15) is 27.2 Å². The Morgan fingerprint density at radius 2 is 1.79 bits per heavy atom. The van der Waals surface area contributed by atoms with Gasteiger partial charge in [-0.2, -0.15) is 13.2 Å². The first-order valence-electron chi connectivity index (χ1n) is 13.2. The van der Waals surface area contributed by atoms with Crippen LogP contribution >= 0.6 is 11.6 Å². The number of nitrogens with zero attached hydrogens (tertiary/aromatic N) is 1. The van der Waals surface area contributed by atoms with Crippen molar-refractivity contribution in [2.24, 2.45) is 0 Å². The minimum Gasteiger partial charge on any atom is -0.451 e. The van der Waals surface area contributed by atoms with Gasteiger partial charge in [-0.05, 0) is 72.1 Å². The van der Waals surface area contributed by atoms with Crippen molar-refractivity contribution in [2.45, 2.75) is 25.1 Å². The fourth-order valence-corrected chi connectivity index (χ4v) is 4.99. The first-order valence-corrected chi connectivity index (χ1v) is 13.6. The SMILES string of the molecule is O=C(N[C@@H](Cc1ccc(Cl)cc1)C(=O)NCCN1CCc2cc(F)ccc21)c1ccc(-c2cccc(C(F)(F)F)c2)o1. The van der Waals surface area contributed by atoms with Gasteiger partial charge in [-0.3, -0.25) is 9.59 Å². The van der Waals surface area contributed by atoms with Crippen LogP contribution in [0.15, 0.2) is 83.3 Å².